The van der Waals surface area contributed by atoms with Crippen LogP contribution in [0.1, 0.15) is 22.8 Å². The number of carbonyl (C=O) groups excluding carboxylic acids is 1. The molecule has 1 heterocycles. The van der Waals surface area contributed by atoms with Crippen LogP contribution in [-0.4, -0.2) is 16.7 Å². The predicted molar refractivity (Wildman–Crippen MR) is 81.0 cm³/mol. The first-order valence-electron chi connectivity index (χ1n) is 5.59. The highest BCUT2D eigenvalue weighted by Crippen LogP contribution is 2.13. The van der Waals surface area contributed by atoms with Gasteiger partial charge in [-0.1, -0.05) is 17.3 Å². The minimum atomic E-state index is -0.465. The van der Waals surface area contributed by atoms with Crippen LogP contribution in [-0.2, 0) is 4.84 Å². The number of carbonyl (C=O) groups is 1. The average Bonchev–Trinajstić information content (AvgIpc) is 2.46. The summed E-state index contributed by atoms with van der Waals surface area (Å²) in [5.41, 5.74) is 1.93. The summed E-state index contributed by atoms with van der Waals surface area (Å²) in [4.78, 5) is 20.8. The van der Waals surface area contributed by atoms with Crippen LogP contribution < -0.4 is 0 Å². The topological polar surface area (TPSA) is 51.5 Å². The van der Waals surface area contributed by atoms with Crippen LogP contribution in [0.3, 0.4) is 0 Å². The van der Waals surface area contributed by atoms with Crippen molar-refractivity contribution in [2.75, 3.05) is 0 Å². The third kappa shape index (κ3) is 3.60. The van der Waals surface area contributed by atoms with E-state index in [0.29, 0.717) is 11.3 Å². The van der Waals surface area contributed by atoms with E-state index < -0.39 is 5.97 Å². The van der Waals surface area contributed by atoms with Gasteiger partial charge in [0.2, 0.25) is 0 Å². The summed E-state index contributed by atoms with van der Waals surface area (Å²) in [5, 5.41) is 3.84. The predicted octanol–water partition coefficient (Wildman–Crippen LogP) is 3.27. The van der Waals surface area contributed by atoms with Crippen molar-refractivity contribution in [2.24, 2.45) is 5.16 Å². The Morgan fingerprint density at radius 2 is 2.05 bits per heavy atom. The maximum atomic E-state index is 11.9. The first kappa shape index (κ1) is 13.7. The van der Waals surface area contributed by atoms with Gasteiger partial charge in [0, 0.05) is 21.5 Å². The van der Waals surface area contributed by atoms with Gasteiger partial charge in [0.25, 0.3) is 0 Å². The lowest BCUT2D eigenvalue weighted by Gasteiger charge is -2.02. The van der Waals surface area contributed by atoms with E-state index in [2.05, 4.69) is 32.7 Å². The lowest BCUT2D eigenvalue weighted by molar-refractivity contribution is 0.0515. The van der Waals surface area contributed by atoms with Gasteiger partial charge in [0.15, 0.2) is 0 Å². The lowest BCUT2D eigenvalue weighted by atomic mass is 10.2. The van der Waals surface area contributed by atoms with Gasteiger partial charge >= 0.3 is 5.97 Å². The Morgan fingerprint density at radius 3 is 2.74 bits per heavy atom. The standard InChI is InChI=1S/C14H11IN2O2/c1-10(11-5-4-8-16-9-11)17-19-14(18)12-6-2-3-7-13(12)15/h2-9H,1H3/b17-10-. The Balaban J connectivity index is 2.11. The molecule has 2 rings (SSSR count). The molecule has 0 atom stereocenters. The van der Waals surface area contributed by atoms with E-state index in [1.807, 2.05) is 18.2 Å². The van der Waals surface area contributed by atoms with Crippen LogP contribution in [0, 0.1) is 3.57 Å². The third-order valence-corrected chi connectivity index (χ3v) is 3.38. The van der Waals surface area contributed by atoms with E-state index in [1.165, 1.54) is 0 Å². The average molecular weight is 366 g/mol. The second-order valence-electron chi connectivity index (χ2n) is 3.78. The fourth-order valence-electron chi connectivity index (χ4n) is 1.42. The van der Waals surface area contributed by atoms with Crippen molar-refractivity contribution in [1.29, 1.82) is 0 Å². The van der Waals surface area contributed by atoms with E-state index in [1.54, 1.807) is 37.5 Å². The Morgan fingerprint density at radius 1 is 1.26 bits per heavy atom. The van der Waals surface area contributed by atoms with Gasteiger partial charge in [0.1, 0.15) is 0 Å². The quantitative estimate of drug-likeness (QED) is 0.363. The monoisotopic (exact) mass is 366 g/mol. The van der Waals surface area contributed by atoms with Gasteiger partial charge in [0.05, 0.1) is 11.3 Å². The molecule has 0 spiro atoms. The van der Waals surface area contributed by atoms with Crippen LogP contribution in [0.25, 0.3) is 0 Å². The molecule has 0 bridgehead atoms. The van der Waals surface area contributed by atoms with Gasteiger partial charge in [-0.2, -0.15) is 0 Å². The van der Waals surface area contributed by atoms with Crippen LogP contribution in [0.15, 0.2) is 53.9 Å². The van der Waals surface area contributed by atoms with Crippen molar-refractivity contribution in [3.05, 3.63) is 63.5 Å². The van der Waals surface area contributed by atoms with Gasteiger partial charge in [-0.15, -0.1) is 0 Å². The fourth-order valence-corrected chi connectivity index (χ4v) is 2.02. The maximum absolute atomic E-state index is 11.9. The number of nitrogens with zero attached hydrogens (tertiary/aromatic N) is 2. The van der Waals surface area contributed by atoms with Crippen molar-refractivity contribution in [2.45, 2.75) is 6.92 Å². The van der Waals surface area contributed by atoms with Crippen LogP contribution >= 0.6 is 22.6 Å². The Bertz CT molecular complexity index is 612. The Labute approximate surface area is 124 Å². The molecule has 96 valence electrons. The molecule has 0 aliphatic rings. The largest absolute Gasteiger partial charge is 0.366 e. The summed E-state index contributed by atoms with van der Waals surface area (Å²) >= 11 is 2.08. The smallest absolute Gasteiger partial charge is 0.312 e. The number of pyridine rings is 1. The minimum absolute atomic E-state index is 0.465. The molecule has 5 heteroatoms. The van der Waals surface area contributed by atoms with Gasteiger partial charge in [-0.3, -0.25) is 4.98 Å². The van der Waals surface area contributed by atoms with E-state index in [9.17, 15) is 4.79 Å². The second-order valence-corrected chi connectivity index (χ2v) is 4.94. The summed E-state index contributed by atoms with van der Waals surface area (Å²) in [6, 6.07) is 10.9. The maximum Gasteiger partial charge on any atom is 0.366 e. The molecule has 1 aromatic heterocycles. The van der Waals surface area contributed by atoms with E-state index in [4.69, 9.17) is 4.84 Å². The van der Waals surface area contributed by atoms with Crippen LogP contribution in [0.5, 0.6) is 0 Å². The van der Waals surface area contributed by atoms with Crippen LogP contribution in [0.4, 0.5) is 0 Å². The van der Waals surface area contributed by atoms with Gasteiger partial charge in [-0.25, -0.2) is 4.79 Å². The van der Waals surface area contributed by atoms with Crippen LogP contribution in [0.2, 0.25) is 0 Å². The molecular weight excluding hydrogens is 355 g/mol. The molecule has 2 aromatic rings. The molecule has 0 aliphatic carbocycles. The molecular formula is C14H11IN2O2. The van der Waals surface area contributed by atoms with Crippen molar-refractivity contribution in [3.8, 4) is 0 Å². The number of oxime groups is 1. The van der Waals surface area contributed by atoms with Crippen molar-refractivity contribution in [3.63, 3.8) is 0 Å². The molecule has 0 radical (unpaired) electrons. The summed E-state index contributed by atoms with van der Waals surface area (Å²) in [5.74, 6) is -0.465. The van der Waals surface area contributed by atoms with Crippen molar-refractivity contribution in [1.82, 2.24) is 4.98 Å². The highest BCUT2D eigenvalue weighted by Gasteiger charge is 2.10. The lowest BCUT2D eigenvalue weighted by Crippen LogP contribution is -2.05. The summed E-state index contributed by atoms with van der Waals surface area (Å²) in [7, 11) is 0. The highest BCUT2D eigenvalue weighted by molar-refractivity contribution is 14.1. The minimum Gasteiger partial charge on any atom is -0.312 e. The summed E-state index contributed by atoms with van der Waals surface area (Å²) in [6.07, 6.45) is 3.34. The SMILES string of the molecule is C/C(=N/OC(=O)c1ccccc1I)c1cccnc1. The van der Waals surface area contributed by atoms with Gasteiger partial charge in [-0.05, 0) is 53.8 Å². The van der Waals surface area contributed by atoms with E-state index in [0.717, 1.165) is 9.13 Å². The molecule has 19 heavy (non-hydrogen) atoms. The third-order valence-electron chi connectivity index (χ3n) is 2.44. The molecule has 0 aliphatic heterocycles. The second kappa shape index (κ2) is 6.42. The molecule has 1 aromatic carbocycles. The Kier molecular flexibility index (Phi) is 4.62. The van der Waals surface area contributed by atoms with E-state index in [-0.39, 0.29) is 0 Å². The summed E-state index contributed by atoms with van der Waals surface area (Å²) in [6.45, 7) is 1.76. The van der Waals surface area contributed by atoms with Gasteiger partial charge < -0.3 is 4.84 Å². The zero-order valence-electron chi connectivity index (χ0n) is 10.2. The van der Waals surface area contributed by atoms with Crippen molar-refractivity contribution >= 4 is 34.3 Å². The fraction of sp³-hybridized carbons (Fsp3) is 0.0714. The normalized spacial score (nSPS) is 11.2. The molecule has 0 unspecified atom stereocenters. The number of benzene rings is 1. The molecule has 0 N–H and O–H groups in total. The Hall–Kier alpha value is -1.76. The highest BCUT2D eigenvalue weighted by atomic mass is 127. The van der Waals surface area contributed by atoms with E-state index >= 15 is 0 Å². The molecule has 0 saturated carbocycles. The zero-order valence-corrected chi connectivity index (χ0v) is 12.4. The number of rotatable bonds is 3. The summed E-state index contributed by atoms with van der Waals surface area (Å²) < 4.78 is 0.833. The number of hydrogen-bond donors (Lipinski definition) is 0. The molecule has 0 amide bonds. The van der Waals surface area contributed by atoms with Crippen molar-refractivity contribution < 1.29 is 9.63 Å². The molecule has 0 saturated heterocycles. The molecule has 0 fully saturated rings. The zero-order chi connectivity index (χ0) is 13.7. The number of aromatic nitrogens is 1. The molecule has 4 nitrogen and oxygen atoms in total. The first-order valence-corrected chi connectivity index (χ1v) is 6.67. The number of halogens is 1. The number of hydrogen-bond acceptors (Lipinski definition) is 4. The first-order chi connectivity index (χ1) is 9.18.